The minimum atomic E-state index is -0.892. The molecule has 0 bridgehead atoms. The molecule has 1 aromatic carbocycles. The number of carbonyl (C=O) groups excluding carboxylic acids is 2. The SMILES string of the molecule is COC(CNC(=O)OC(C)(C)C)C(=O)Nc1ncc(Cc2ccc(F)cc2)s1. The predicted octanol–water partition coefficient (Wildman–Crippen LogP) is 3.35. The molecule has 1 aromatic heterocycles. The smallest absolute Gasteiger partial charge is 0.407 e. The molecule has 2 N–H and O–H groups in total. The van der Waals surface area contributed by atoms with Gasteiger partial charge in [-0.3, -0.25) is 10.1 Å². The Morgan fingerprint density at radius 3 is 2.54 bits per heavy atom. The van der Waals surface area contributed by atoms with Crippen molar-refractivity contribution in [3.63, 3.8) is 0 Å². The van der Waals surface area contributed by atoms with Gasteiger partial charge in [-0.15, -0.1) is 11.3 Å². The molecule has 152 valence electrons. The molecule has 9 heteroatoms. The lowest BCUT2D eigenvalue weighted by Gasteiger charge is -2.21. The van der Waals surface area contributed by atoms with Crippen molar-refractivity contribution in [2.75, 3.05) is 19.0 Å². The topological polar surface area (TPSA) is 89.5 Å². The summed E-state index contributed by atoms with van der Waals surface area (Å²) in [6, 6.07) is 6.22. The Hall–Kier alpha value is -2.52. The number of aromatic nitrogens is 1. The van der Waals surface area contributed by atoms with Crippen LogP contribution in [0.3, 0.4) is 0 Å². The van der Waals surface area contributed by atoms with Crippen molar-refractivity contribution in [2.24, 2.45) is 0 Å². The highest BCUT2D eigenvalue weighted by Crippen LogP contribution is 2.21. The first-order valence-corrected chi connectivity index (χ1v) is 9.47. The van der Waals surface area contributed by atoms with Gasteiger partial charge < -0.3 is 14.8 Å². The lowest BCUT2D eigenvalue weighted by Crippen LogP contribution is -2.42. The van der Waals surface area contributed by atoms with E-state index in [0.717, 1.165) is 10.4 Å². The summed E-state index contributed by atoms with van der Waals surface area (Å²) >= 11 is 1.32. The van der Waals surface area contributed by atoms with Crippen LogP contribution < -0.4 is 10.6 Å². The summed E-state index contributed by atoms with van der Waals surface area (Å²) in [5, 5.41) is 5.59. The molecule has 2 rings (SSSR count). The Morgan fingerprint density at radius 2 is 1.93 bits per heavy atom. The van der Waals surface area contributed by atoms with E-state index in [0.29, 0.717) is 11.6 Å². The van der Waals surface area contributed by atoms with E-state index in [1.54, 1.807) is 39.1 Å². The minimum absolute atomic E-state index is 0.0366. The number of amides is 2. The van der Waals surface area contributed by atoms with Crippen molar-refractivity contribution in [3.05, 3.63) is 46.7 Å². The van der Waals surface area contributed by atoms with Crippen molar-refractivity contribution < 1.29 is 23.5 Å². The van der Waals surface area contributed by atoms with Crippen LogP contribution in [-0.4, -0.2) is 42.3 Å². The first kappa shape index (κ1) is 21.8. The third-order valence-corrected chi connectivity index (χ3v) is 4.40. The van der Waals surface area contributed by atoms with Gasteiger partial charge in [-0.1, -0.05) is 12.1 Å². The molecule has 0 saturated heterocycles. The van der Waals surface area contributed by atoms with Gasteiger partial charge in [0.25, 0.3) is 5.91 Å². The molecular weight excluding hydrogens is 385 g/mol. The molecular formula is C19H24FN3O4S. The Morgan fingerprint density at radius 1 is 1.25 bits per heavy atom. The number of hydrogen-bond donors (Lipinski definition) is 2. The minimum Gasteiger partial charge on any atom is -0.444 e. The van der Waals surface area contributed by atoms with Gasteiger partial charge in [0.1, 0.15) is 11.4 Å². The molecule has 2 aromatic rings. The first-order valence-electron chi connectivity index (χ1n) is 8.66. The van der Waals surface area contributed by atoms with Crippen LogP contribution in [0.15, 0.2) is 30.5 Å². The molecule has 0 radical (unpaired) electrons. The number of methoxy groups -OCH3 is 1. The molecule has 2 amide bonds. The number of carbonyl (C=O) groups is 2. The lowest BCUT2D eigenvalue weighted by atomic mass is 10.1. The van der Waals surface area contributed by atoms with Gasteiger partial charge in [0, 0.05) is 24.6 Å². The Balaban J connectivity index is 1.87. The molecule has 7 nitrogen and oxygen atoms in total. The van der Waals surface area contributed by atoms with Crippen LogP contribution in [-0.2, 0) is 20.7 Å². The van der Waals surface area contributed by atoms with Gasteiger partial charge in [-0.05, 0) is 38.5 Å². The second-order valence-electron chi connectivity index (χ2n) is 7.03. The number of rotatable bonds is 7. The zero-order valence-electron chi connectivity index (χ0n) is 16.2. The van der Waals surface area contributed by atoms with Gasteiger partial charge >= 0.3 is 6.09 Å². The van der Waals surface area contributed by atoms with E-state index in [9.17, 15) is 14.0 Å². The van der Waals surface area contributed by atoms with Crippen molar-refractivity contribution in [1.29, 1.82) is 0 Å². The summed E-state index contributed by atoms with van der Waals surface area (Å²) in [7, 11) is 1.38. The summed E-state index contributed by atoms with van der Waals surface area (Å²) in [6.45, 7) is 5.21. The van der Waals surface area contributed by atoms with Crippen molar-refractivity contribution in [3.8, 4) is 0 Å². The maximum Gasteiger partial charge on any atom is 0.407 e. The standard InChI is InChI=1S/C19H24FN3O4S/c1-19(2,3)27-18(25)22-11-15(26-4)16(24)23-17-21-10-14(28-17)9-12-5-7-13(20)8-6-12/h5-8,10,15H,9,11H2,1-4H3,(H,22,25)(H,21,23,24). The second kappa shape index (κ2) is 9.61. The molecule has 0 aliphatic carbocycles. The van der Waals surface area contributed by atoms with E-state index in [2.05, 4.69) is 15.6 Å². The molecule has 1 atom stereocenters. The Labute approximate surface area is 167 Å². The predicted molar refractivity (Wildman–Crippen MR) is 105 cm³/mol. The van der Waals surface area contributed by atoms with Crippen LogP contribution in [0.5, 0.6) is 0 Å². The van der Waals surface area contributed by atoms with E-state index < -0.39 is 23.7 Å². The number of nitrogens with one attached hydrogen (secondary N) is 2. The fourth-order valence-electron chi connectivity index (χ4n) is 2.21. The first-order chi connectivity index (χ1) is 13.2. The largest absolute Gasteiger partial charge is 0.444 e. The highest BCUT2D eigenvalue weighted by atomic mass is 32.1. The Bertz CT molecular complexity index is 802. The van der Waals surface area contributed by atoms with Gasteiger partial charge in [0.05, 0.1) is 6.54 Å². The van der Waals surface area contributed by atoms with Crippen LogP contribution in [0.2, 0.25) is 0 Å². The van der Waals surface area contributed by atoms with Gasteiger partial charge in [-0.25, -0.2) is 14.2 Å². The van der Waals surface area contributed by atoms with Crippen LogP contribution in [0.25, 0.3) is 0 Å². The summed E-state index contributed by atoms with van der Waals surface area (Å²) in [4.78, 5) is 29.1. The maximum absolute atomic E-state index is 13.0. The van der Waals surface area contributed by atoms with Crippen molar-refractivity contribution >= 4 is 28.5 Å². The van der Waals surface area contributed by atoms with E-state index in [4.69, 9.17) is 9.47 Å². The van der Waals surface area contributed by atoms with Crippen LogP contribution in [0.4, 0.5) is 14.3 Å². The lowest BCUT2D eigenvalue weighted by molar-refractivity contribution is -0.125. The molecule has 0 aliphatic heterocycles. The molecule has 0 aliphatic rings. The van der Waals surface area contributed by atoms with E-state index >= 15 is 0 Å². The fraction of sp³-hybridized carbons (Fsp3) is 0.421. The second-order valence-corrected chi connectivity index (χ2v) is 8.15. The fourth-order valence-corrected chi connectivity index (χ4v) is 3.06. The van der Waals surface area contributed by atoms with Gasteiger partial charge in [0.2, 0.25) is 0 Å². The summed E-state index contributed by atoms with van der Waals surface area (Å²) in [6.07, 6.45) is 0.724. The molecule has 1 unspecified atom stereocenters. The molecule has 0 saturated carbocycles. The zero-order valence-corrected chi connectivity index (χ0v) is 17.1. The van der Waals surface area contributed by atoms with Gasteiger partial charge in [-0.2, -0.15) is 0 Å². The number of alkyl carbamates (subject to hydrolysis) is 1. The highest BCUT2D eigenvalue weighted by molar-refractivity contribution is 7.15. The normalized spacial score (nSPS) is 12.3. The molecule has 0 fully saturated rings. The number of benzene rings is 1. The van der Waals surface area contributed by atoms with Crippen LogP contribution >= 0.6 is 11.3 Å². The summed E-state index contributed by atoms with van der Waals surface area (Å²) < 4.78 is 23.2. The zero-order chi connectivity index (χ0) is 20.7. The highest BCUT2D eigenvalue weighted by Gasteiger charge is 2.22. The number of halogens is 1. The average molecular weight is 409 g/mol. The molecule has 28 heavy (non-hydrogen) atoms. The maximum atomic E-state index is 13.0. The average Bonchev–Trinajstić information content (AvgIpc) is 3.03. The number of hydrogen-bond acceptors (Lipinski definition) is 6. The third kappa shape index (κ3) is 7.24. The number of nitrogens with zero attached hydrogens (tertiary/aromatic N) is 1. The van der Waals surface area contributed by atoms with Crippen LogP contribution in [0, 0.1) is 5.82 Å². The molecule has 1 heterocycles. The summed E-state index contributed by atoms with van der Waals surface area (Å²) in [5.41, 5.74) is 0.316. The van der Waals surface area contributed by atoms with Crippen molar-refractivity contribution in [1.82, 2.24) is 10.3 Å². The molecule has 0 spiro atoms. The third-order valence-electron chi connectivity index (χ3n) is 3.48. The number of ether oxygens (including phenoxy) is 2. The van der Waals surface area contributed by atoms with Crippen LogP contribution in [0.1, 0.15) is 31.2 Å². The monoisotopic (exact) mass is 409 g/mol. The van der Waals surface area contributed by atoms with E-state index in [1.807, 2.05) is 0 Å². The summed E-state index contributed by atoms with van der Waals surface area (Å²) in [5.74, 6) is -0.715. The van der Waals surface area contributed by atoms with E-state index in [1.165, 1.54) is 30.6 Å². The van der Waals surface area contributed by atoms with E-state index in [-0.39, 0.29) is 12.4 Å². The van der Waals surface area contributed by atoms with Crippen molar-refractivity contribution in [2.45, 2.75) is 38.9 Å². The number of thiazole rings is 1. The van der Waals surface area contributed by atoms with Gasteiger partial charge in [0.15, 0.2) is 11.2 Å². The Kier molecular flexibility index (Phi) is 7.47. The quantitative estimate of drug-likeness (QED) is 0.732. The number of anilines is 1.